The van der Waals surface area contributed by atoms with E-state index < -0.39 is 5.54 Å². The van der Waals surface area contributed by atoms with Gasteiger partial charge in [0, 0.05) is 12.2 Å². The molecule has 0 aliphatic heterocycles. The van der Waals surface area contributed by atoms with Crippen molar-refractivity contribution in [1.29, 1.82) is 0 Å². The Hall–Kier alpha value is -1.10. The molecular weight excluding hydrogens is 276 g/mol. The largest absolute Gasteiger partial charge is 0.394 e. The summed E-state index contributed by atoms with van der Waals surface area (Å²) in [4.78, 5) is 0. The van der Waals surface area contributed by atoms with Crippen molar-refractivity contribution < 1.29 is 10.2 Å². The normalized spacial score (nSPS) is 11.6. The SMILES string of the molecule is CCCCCCCCc1ccc(NCC(N)(CO)CO)cc1. The molecule has 126 valence electrons. The molecule has 0 aliphatic carbocycles. The Labute approximate surface area is 134 Å². The Bertz CT molecular complexity index is 389. The highest BCUT2D eigenvalue weighted by Crippen LogP contribution is 2.14. The number of aliphatic hydroxyl groups is 2. The fourth-order valence-electron chi connectivity index (χ4n) is 2.34. The first-order valence-corrected chi connectivity index (χ1v) is 8.47. The lowest BCUT2D eigenvalue weighted by molar-refractivity contribution is 0.129. The maximum absolute atomic E-state index is 9.16. The minimum Gasteiger partial charge on any atom is -0.394 e. The van der Waals surface area contributed by atoms with Gasteiger partial charge in [0.1, 0.15) is 0 Å². The van der Waals surface area contributed by atoms with Gasteiger partial charge in [0.15, 0.2) is 0 Å². The molecule has 0 unspecified atom stereocenters. The first-order valence-electron chi connectivity index (χ1n) is 8.47. The highest BCUT2D eigenvalue weighted by molar-refractivity contribution is 5.45. The van der Waals surface area contributed by atoms with Crippen molar-refractivity contribution >= 4 is 5.69 Å². The van der Waals surface area contributed by atoms with Gasteiger partial charge in [0.2, 0.25) is 0 Å². The summed E-state index contributed by atoms with van der Waals surface area (Å²) in [5.74, 6) is 0. The van der Waals surface area contributed by atoms with Gasteiger partial charge in [-0.3, -0.25) is 0 Å². The van der Waals surface area contributed by atoms with Crippen LogP contribution in [0.5, 0.6) is 0 Å². The van der Waals surface area contributed by atoms with E-state index in [9.17, 15) is 0 Å². The van der Waals surface area contributed by atoms with Crippen molar-refractivity contribution in [2.24, 2.45) is 5.73 Å². The maximum Gasteiger partial charge on any atom is 0.0797 e. The quantitative estimate of drug-likeness (QED) is 0.448. The number of nitrogens with one attached hydrogen (secondary N) is 1. The van der Waals surface area contributed by atoms with Gasteiger partial charge in [-0.1, -0.05) is 51.2 Å². The zero-order valence-electron chi connectivity index (χ0n) is 13.9. The monoisotopic (exact) mass is 308 g/mol. The summed E-state index contributed by atoms with van der Waals surface area (Å²) in [5.41, 5.74) is 7.17. The Morgan fingerprint density at radius 2 is 1.55 bits per heavy atom. The van der Waals surface area contributed by atoms with Crippen molar-refractivity contribution in [3.8, 4) is 0 Å². The third-order valence-electron chi connectivity index (χ3n) is 4.05. The molecule has 0 bridgehead atoms. The zero-order valence-corrected chi connectivity index (χ0v) is 13.9. The van der Waals surface area contributed by atoms with Crippen LogP contribution in [0.15, 0.2) is 24.3 Å². The highest BCUT2D eigenvalue weighted by Gasteiger charge is 2.22. The van der Waals surface area contributed by atoms with E-state index in [0.29, 0.717) is 6.54 Å². The fraction of sp³-hybridized carbons (Fsp3) is 0.667. The third kappa shape index (κ3) is 7.25. The molecule has 1 rings (SSSR count). The van der Waals surface area contributed by atoms with Gasteiger partial charge in [-0.2, -0.15) is 0 Å². The molecule has 0 atom stereocenters. The third-order valence-corrected chi connectivity index (χ3v) is 4.05. The number of anilines is 1. The second kappa shape index (κ2) is 10.6. The van der Waals surface area contributed by atoms with Crippen LogP contribution in [0.25, 0.3) is 0 Å². The van der Waals surface area contributed by atoms with Gasteiger partial charge >= 0.3 is 0 Å². The Kier molecular flexibility index (Phi) is 9.13. The summed E-state index contributed by atoms with van der Waals surface area (Å²) in [5, 5.41) is 21.5. The van der Waals surface area contributed by atoms with Crippen molar-refractivity contribution in [2.75, 3.05) is 25.1 Å². The molecule has 0 aromatic heterocycles. The Morgan fingerprint density at radius 1 is 0.955 bits per heavy atom. The van der Waals surface area contributed by atoms with Crippen LogP contribution >= 0.6 is 0 Å². The standard InChI is InChI=1S/C18H32N2O2/c1-2-3-4-5-6-7-8-16-9-11-17(12-10-16)20-13-18(19,14-21)15-22/h9-12,20-22H,2-8,13-15,19H2,1H3. The zero-order chi connectivity index (χ0) is 16.3. The molecule has 0 fully saturated rings. The number of aliphatic hydroxyl groups excluding tert-OH is 2. The molecule has 22 heavy (non-hydrogen) atoms. The van der Waals surface area contributed by atoms with Gasteiger partial charge in [-0.15, -0.1) is 0 Å². The predicted molar refractivity (Wildman–Crippen MR) is 93.1 cm³/mol. The average molecular weight is 308 g/mol. The lowest BCUT2D eigenvalue weighted by Crippen LogP contribution is -2.52. The van der Waals surface area contributed by atoms with Crippen molar-refractivity contribution in [1.82, 2.24) is 0 Å². The van der Waals surface area contributed by atoms with E-state index in [4.69, 9.17) is 15.9 Å². The van der Waals surface area contributed by atoms with E-state index in [-0.39, 0.29) is 13.2 Å². The van der Waals surface area contributed by atoms with Gasteiger partial charge in [-0.25, -0.2) is 0 Å². The first kappa shape index (κ1) is 18.9. The van der Waals surface area contributed by atoms with E-state index >= 15 is 0 Å². The van der Waals surface area contributed by atoms with Crippen molar-refractivity contribution in [2.45, 2.75) is 57.4 Å². The van der Waals surface area contributed by atoms with Crippen LogP contribution in [-0.2, 0) is 6.42 Å². The summed E-state index contributed by atoms with van der Waals surface area (Å²) in [7, 11) is 0. The number of hydrogen-bond acceptors (Lipinski definition) is 4. The number of unbranched alkanes of at least 4 members (excludes halogenated alkanes) is 5. The molecule has 1 aromatic carbocycles. The molecule has 0 aliphatic rings. The molecule has 0 spiro atoms. The fourth-order valence-corrected chi connectivity index (χ4v) is 2.34. The number of benzene rings is 1. The van der Waals surface area contributed by atoms with Crippen LogP contribution in [0.2, 0.25) is 0 Å². The lowest BCUT2D eigenvalue weighted by Gasteiger charge is -2.25. The highest BCUT2D eigenvalue weighted by atomic mass is 16.3. The van der Waals surface area contributed by atoms with E-state index in [1.807, 2.05) is 12.1 Å². The van der Waals surface area contributed by atoms with Crippen molar-refractivity contribution in [3.05, 3.63) is 29.8 Å². The van der Waals surface area contributed by atoms with E-state index in [0.717, 1.165) is 12.1 Å². The molecule has 5 N–H and O–H groups in total. The van der Waals surface area contributed by atoms with Gasteiger partial charge < -0.3 is 21.3 Å². The summed E-state index contributed by atoms with van der Waals surface area (Å²) < 4.78 is 0. The van der Waals surface area contributed by atoms with Crippen LogP contribution in [0.4, 0.5) is 5.69 Å². The predicted octanol–water partition coefficient (Wildman–Crippen LogP) is 2.68. The Morgan fingerprint density at radius 3 is 2.14 bits per heavy atom. The number of nitrogens with two attached hydrogens (primary N) is 1. The van der Waals surface area contributed by atoms with Crippen LogP contribution in [0.3, 0.4) is 0 Å². The number of rotatable bonds is 12. The molecule has 0 amide bonds. The second-order valence-electron chi connectivity index (χ2n) is 6.25. The van der Waals surface area contributed by atoms with Crippen molar-refractivity contribution in [3.63, 3.8) is 0 Å². The molecular formula is C18H32N2O2. The van der Waals surface area contributed by atoms with Crippen LogP contribution in [0, 0.1) is 0 Å². The van der Waals surface area contributed by atoms with Crippen LogP contribution < -0.4 is 11.1 Å². The molecule has 1 aromatic rings. The molecule has 0 radical (unpaired) electrons. The molecule has 0 saturated carbocycles. The lowest BCUT2D eigenvalue weighted by atomic mass is 10.0. The van der Waals surface area contributed by atoms with Gasteiger partial charge in [-0.05, 0) is 30.5 Å². The molecule has 0 saturated heterocycles. The van der Waals surface area contributed by atoms with E-state index in [2.05, 4.69) is 24.4 Å². The maximum atomic E-state index is 9.16. The summed E-state index contributed by atoms with van der Waals surface area (Å²) in [6.07, 6.45) is 9.03. The van der Waals surface area contributed by atoms with Gasteiger partial charge in [0.05, 0.1) is 18.8 Å². The topological polar surface area (TPSA) is 78.5 Å². The van der Waals surface area contributed by atoms with E-state index in [1.54, 1.807) is 0 Å². The molecule has 4 heteroatoms. The number of hydrogen-bond donors (Lipinski definition) is 4. The summed E-state index contributed by atoms with van der Waals surface area (Å²) in [6.45, 7) is 2.10. The first-order chi connectivity index (χ1) is 10.6. The van der Waals surface area contributed by atoms with Crippen LogP contribution in [-0.4, -0.2) is 35.5 Å². The molecule has 4 nitrogen and oxygen atoms in total. The average Bonchev–Trinajstić information content (AvgIpc) is 2.57. The van der Waals surface area contributed by atoms with Gasteiger partial charge in [0.25, 0.3) is 0 Å². The Balaban J connectivity index is 2.28. The summed E-state index contributed by atoms with van der Waals surface area (Å²) in [6, 6.07) is 8.32. The molecule has 0 heterocycles. The minimum atomic E-state index is -0.975. The smallest absolute Gasteiger partial charge is 0.0797 e. The number of aryl methyl sites for hydroxylation is 1. The minimum absolute atomic E-state index is 0.243. The van der Waals surface area contributed by atoms with E-state index in [1.165, 1.54) is 44.1 Å². The second-order valence-corrected chi connectivity index (χ2v) is 6.25. The summed E-state index contributed by atoms with van der Waals surface area (Å²) >= 11 is 0. The van der Waals surface area contributed by atoms with Crippen LogP contribution in [0.1, 0.15) is 51.0 Å².